The molecule has 0 spiro atoms. The number of rotatable bonds is 4. The van der Waals surface area contributed by atoms with E-state index in [2.05, 4.69) is 4.74 Å². The van der Waals surface area contributed by atoms with Gasteiger partial charge in [0.2, 0.25) is 0 Å². The Hall–Kier alpha value is -1.65. The van der Waals surface area contributed by atoms with Gasteiger partial charge in [-0.1, -0.05) is 41.9 Å². The van der Waals surface area contributed by atoms with E-state index in [9.17, 15) is 13.9 Å². The molecule has 0 heterocycles. The fraction of sp³-hybridized carbons (Fsp3) is 0.200. The number of aliphatic hydroxyl groups excluding tert-OH is 1. The first-order valence-electron chi connectivity index (χ1n) is 5.97. The lowest BCUT2D eigenvalue weighted by atomic mass is 10.00. The highest BCUT2D eigenvalue weighted by molar-refractivity contribution is 6.31. The molecule has 0 amide bonds. The Morgan fingerprint density at radius 1 is 1.15 bits per heavy atom. The number of hydrogen-bond acceptors (Lipinski definition) is 2. The van der Waals surface area contributed by atoms with Gasteiger partial charge in [0.1, 0.15) is 11.9 Å². The molecule has 0 aliphatic heterocycles. The van der Waals surface area contributed by atoms with Crippen LogP contribution in [0.2, 0.25) is 5.02 Å². The van der Waals surface area contributed by atoms with E-state index in [1.165, 1.54) is 12.1 Å². The van der Waals surface area contributed by atoms with Gasteiger partial charge in [0.05, 0.1) is 0 Å². The number of aliphatic hydroxyl groups is 1. The summed E-state index contributed by atoms with van der Waals surface area (Å²) in [7, 11) is 0. The van der Waals surface area contributed by atoms with Gasteiger partial charge in [-0.05, 0) is 30.2 Å². The molecule has 106 valence electrons. The van der Waals surface area contributed by atoms with Gasteiger partial charge in [0.25, 0.3) is 0 Å². The molecule has 5 heteroatoms. The molecule has 0 fully saturated rings. The van der Waals surface area contributed by atoms with Crippen molar-refractivity contribution in [3.8, 4) is 5.75 Å². The minimum atomic E-state index is -2.94. The van der Waals surface area contributed by atoms with Crippen LogP contribution >= 0.6 is 11.6 Å². The monoisotopic (exact) mass is 298 g/mol. The predicted octanol–water partition coefficient (Wildman–Crippen LogP) is 4.33. The van der Waals surface area contributed by atoms with Crippen LogP contribution in [0.1, 0.15) is 22.8 Å². The zero-order chi connectivity index (χ0) is 14.7. The number of aryl methyl sites for hydroxylation is 1. The number of benzene rings is 2. The summed E-state index contributed by atoms with van der Waals surface area (Å²) in [6.45, 7) is -1.10. The molecule has 1 N–H and O–H groups in total. The van der Waals surface area contributed by atoms with Gasteiger partial charge in [-0.3, -0.25) is 0 Å². The SMILES string of the molecule is Cc1ccc(C(O)c2ccccc2OC(F)F)cc1Cl. The standard InChI is InChI=1S/C15H13ClF2O2/c1-9-6-7-10(8-12(9)16)14(19)11-4-2-3-5-13(11)20-15(17)18/h2-8,14-15,19H,1H3. The molecule has 0 radical (unpaired) electrons. The Bertz CT molecular complexity index is 602. The van der Waals surface area contributed by atoms with Crippen molar-refractivity contribution in [2.45, 2.75) is 19.6 Å². The zero-order valence-electron chi connectivity index (χ0n) is 10.7. The van der Waals surface area contributed by atoms with Gasteiger partial charge in [0, 0.05) is 10.6 Å². The average Bonchev–Trinajstić information content (AvgIpc) is 2.41. The van der Waals surface area contributed by atoms with E-state index in [1.807, 2.05) is 6.92 Å². The van der Waals surface area contributed by atoms with Crippen LogP contribution in [0.4, 0.5) is 8.78 Å². The summed E-state index contributed by atoms with van der Waals surface area (Å²) in [5, 5.41) is 10.8. The van der Waals surface area contributed by atoms with Crippen LogP contribution < -0.4 is 4.74 Å². The summed E-state index contributed by atoms with van der Waals surface area (Å²) in [5.41, 5.74) is 1.67. The number of hydrogen-bond donors (Lipinski definition) is 1. The summed E-state index contributed by atoms with van der Waals surface area (Å²) in [6, 6.07) is 11.2. The van der Waals surface area contributed by atoms with Crippen LogP contribution in [0, 0.1) is 6.92 Å². The number of para-hydroxylation sites is 1. The average molecular weight is 299 g/mol. The third kappa shape index (κ3) is 3.26. The van der Waals surface area contributed by atoms with Gasteiger partial charge < -0.3 is 9.84 Å². The second kappa shape index (κ2) is 6.20. The quantitative estimate of drug-likeness (QED) is 0.910. The van der Waals surface area contributed by atoms with Crippen molar-refractivity contribution in [1.82, 2.24) is 0 Å². The Balaban J connectivity index is 2.37. The molecule has 20 heavy (non-hydrogen) atoms. The number of alkyl halides is 2. The van der Waals surface area contributed by atoms with E-state index in [0.29, 0.717) is 10.6 Å². The molecule has 0 aliphatic carbocycles. The van der Waals surface area contributed by atoms with Crippen molar-refractivity contribution in [1.29, 1.82) is 0 Å². The van der Waals surface area contributed by atoms with Gasteiger partial charge >= 0.3 is 6.61 Å². The van der Waals surface area contributed by atoms with Gasteiger partial charge in [-0.2, -0.15) is 8.78 Å². The Kier molecular flexibility index (Phi) is 4.57. The highest BCUT2D eigenvalue weighted by atomic mass is 35.5. The van der Waals surface area contributed by atoms with E-state index in [-0.39, 0.29) is 11.3 Å². The molecule has 0 aliphatic rings. The molecule has 1 unspecified atom stereocenters. The van der Waals surface area contributed by atoms with E-state index < -0.39 is 12.7 Å². The Morgan fingerprint density at radius 2 is 1.85 bits per heavy atom. The fourth-order valence-electron chi connectivity index (χ4n) is 1.87. The third-order valence-electron chi connectivity index (χ3n) is 2.94. The van der Waals surface area contributed by atoms with E-state index >= 15 is 0 Å². The first kappa shape index (κ1) is 14.8. The number of ether oxygens (including phenoxy) is 1. The summed E-state index contributed by atoms with van der Waals surface area (Å²) >= 11 is 6.01. The predicted molar refractivity (Wildman–Crippen MR) is 73.3 cm³/mol. The maximum atomic E-state index is 12.4. The van der Waals surface area contributed by atoms with Crippen LogP contribution in [0.5, 0.6) is 5.75 Å². The van der Waals surface area contributed by atoms with Gasteiger partial charge in [0.15, 0.2) is 0 Å². The van der Waals surface area contributed by atoms with Gasteiger partial charge in [-0.25, -0.2) is 0 Å². The topological polar surface area (TPSA) is 29.5 Å². The van der Waals surface area contributed by atoms with E-state index in [4.69, 9.17) is 11.6 Å². The van der Waals surface area contributed by atoms with E-state index in [1.54, 1.807) is 30.3 Å². The minimum absolute atomic E-state index is 0.0494. The van der Waals surface area contributed by atoms with Crippen molar-refractivity contribution < 1.29 is 18.6 Å². The summed E-state index contributed by atoms with van der Waals surface area (Å²) in [5.74, 6) is -0.0494. The summed E-state index contributed by atoms with van der Waals surface area (Å²) in [4.78, 5) is 0. The summed E-state index contributed by atoms with van der Waals surface area (Å²) in [6.07, 6.45) is -1.08. The molecule has 2 rings (SSSR count). The molecule has 1 atom stereocenters. The smallest absolute Gasteiger partial charge is 0.387 e. The number of halogens is 3. The molecule has 2 nitrogen and oxygen atoms in total. The Labute approximate surface area is 120 Å². The molecule has 2 aromatic rings. The van der Waals surface area contributed by atoms with Crippen LogP contribution in [0.15, 0.2) is 42.5 Å². The van der Waals surface area contributed by atoms with E-state index in [0.717, 1.165) is 5.56 Å². The van der Waals surface area contributed by atoms with Crippen molar-refractivity contribution in [3.05, 3.63) is 64.2 Å². The minimum Gasteiger partial charge on any atom is -0.434 e. The molecule has 0 bridgehead atoms. The Morgan fingerprint density at radius 3 is 2.50 bits per heavy atom. The molecular weight excluding hydrogens is 286 g/mol. The van der Waals surface area contributed by atoms with Crippen molar-refractivity contribution in [2.75, 3.05) is 0 Å². The lowest BCUT2D eigenvalue weighted by Gasteiger charge is -2.16. The summed E-state index contributed by atoms with van der Waals surface area (Å²) < 4.78 is 29.1. The first-order valence-corrected chi connectivity index (χ1v) is 6.34. The highest BCUT2D eigenvalue weighted by Crippen LogP contribution is 2.32. The zero-order valence-corrected chi connectivity index (χ0v) is 11.4. The first-order chi connectivity index (χ1) is 9.49. The highest BCUT2D eigenvalue weighted by Gasteiger charge is 2.18. The molecule has 0 saturated carbocycles. The van der Waals surface area contributed by atoms with Gasteiger partial charge in [-0.15, -0.1) is 0 Å². The second-order valence-electron chi connectivity index (χ2n) is 4.33. The lowest BCUT2D eigenvalue weighted by molar-refractivity contribution is -0.0512. The van der Waals surface area contributed by atoms with Crippen LogP contribution in [0.3, 0.4) is 0 Å². The maximum Gasteiger partial charge on any atom is 0.387 e. The van der Waals surface area contributed by atoms with Crippen LogP contribution in [-0.4, -0.2) is 11.7 Å². The van der Waals surface area contributed by atoms with Crippen molar-refractivity contribution in [2.24, 2.45) is 0 Å². The van der Waals surface area contributed by atoms with Crippen molar-refractivity contribution >= 4 is 11.6 Å². The molecule has 0 aromatic heterocycles. The largest absolute Gasteiger partial charge is 0.434 e. The normalized spacial score (nSPS) is 12.5. The fourth-order valence-corrected chi connectivity index (χ4v) is 2.06. The molecule has 0 saturated heterocycles. The lowest BCUT2D eigenvalue weighted by Crippen LogP contribution is -2.08. The van der Waals surface area contributed by atoms with Crippen LogP contribution in [0.25, 0.3) is 0 Å². The molecule has 2 aromatic carbocycles. The van der Waals surface area contributed by atoms with Crippen molar-refractivity contribution in [3.63, 3.8) is 0 Å². The third-order valence-corrected chi connectivity index (χ3v) is 3.35. The maximum absolute atomic E-state index is 12.4. The molecular formula is C15H13ClF2O2. The second-order valence-corrected chi connectivity index (χ2v) is 4.73. The van der Waals surface area contributed by atoms with Crippen LogP contribution in [-0.2, 0) is 0 Å².